The van der Waals surface area contributed by atoms with Gasteiger partial charge >= 0.3 is 16.5 Å². The van der Waals surface area contributed by atoms with E-state index in [9.17, 15) is 22.8 Å². The van der Waals surface area contributed by atoms with Crippen LogP contribution in [0.4, 0.5) is 4.79 Å². The van der Waals surface area contributed by atoms with Crippen molar-refractivity contribution in [3.63, 3.8) is 0 Å². The van der Waals surface area contributed by atoms with Crippen molar-refractivity contribution in [3.05, 3.63) is 102 Å². The van der Waals surface area contributed by atoms with Gasteiger partial charge in [0.2, 0.25) is 11.8 Å². The van der Waals surface area contributed by atoms with Crippen molar-refractivity contribution in [2.24, 2.45) is 23.7 Å². The lowest BCUT2D eigenvalue weighted by atomic mass is 9.55. The maximum Gasteiger partial charge on any atom is 0.446 e. The summed E-state index contributed by atoms with van der Waals surface area (Å²) < 4.78 is 41.7. The highest BCUT2D eigenvalue weighted by Gasteiger charge is 2.51. The number of benzene rings is 3. The maximum absolute atomic E-state index is 14.5. The van der Waals surface area contributed by atoms with Crippen molar-refractivity contribution < 1.29 is 36.3 Å². The fourth-order valence-electron chi connectivity index (χ4n) is 9.04. The minimum Gasteiger partial charge on any atom is -0.446 e. The Morgan fingerprint density at radius 3 is 2.09 bits per heavy atom. The summed E-state index contributed by atoms with van der Waals surface area (Å²) in [5.41, 5.74) is 1.76. The Bertz CT molecular complexity index is 2010. The number of hydrogen-bond acceptors (Lipinski definition) is 7. The lowest BCUT2D eigenvalue weighted by Crippen LogP contribution is -2.63. The number of aromatic nitrogens is 1. The van der Waals surface area contributed by atoms with Crippen LogP contribution in [0.3, 0.4) is 0 Å². The van der Waals surface area contributed by atoms with E-state index in [0.29, 0.717) is 43.1 Å². The first-order valence-corrected chi connectivity index (χ1v) is 19.8. The van der Waals surface area contributed by atoms with Crippen molar-refractivity contribution >= 4 is 39.2 Å². The number of carbonyl (C=O) groups excluding carboxylic acids is 3. The molecule has 4 fully saturated rings. The van der Waals surface area contributed by atoms with E-state index in [1.165, 1.54) is 18.6 Å². The fraction of sp³-hybridized carbons (Fsp3) is 0.425. The van der Waals surface area contributed by atoms with E-state index in [0.717, 1.165) is 53.3 Å². The number of aromatic amines is 1. The van der Waals surface area contributed by atoms with Gasteiger partial charge in [0, 0.05) is 36.6 Å². The largest absolute Gasteiger partial charge is 0.446 e. The number of alkyl carbamates (subject to hydrolysis) is 1. The Morgan fingerprint density at radius 1 is 0.792 bits per heavy atom. The summed E-state index contributed by atoms with van der Waals surface area (Å²) in [4.78, 5) is 45.6. The number of amides is 3. The normalized spacial score (nSPS) is 22.8. The van der Waals surface area contributed by atoms with Gasteiger partial charge in [0.1, 0.15) is 17.4 Å². The molecule has 280 valence electrons. The molecule has 3 amide bonds. The Hall–Kier alpha value is -4.88. The SMILES string of the molecule is O=C(CC(Cc1c[nH]c2ccccc12)(NC(=O)OC1C2CC3CC(C2)CC1C3)C(=O)NCCc1ccccc1)NCCc1ccc(OS(=O)(=O)O)cc1. The molecule has 0 spiro atoms. The molecule has 4 aliphatic rings. The van der Waals surface area contributed by atoms with E-state index >= 15 is 0 Å². The molecule has 53 heavy (non-hydrogen) atoms. The van der Waals surface area contributed by atoms with Crippen LogP contribution < -0.4 is 20.1 Å². The smallest absolute Gasteiger partial charge is 0.446 e. The summed E-state index contributed by atoms with van der Waals surface area (Å²) in [6.07, 6.45) is 7.06. The molecular weight excluding hydrogens is 697 g/mol. The third kappa shape index (κ3) is 9.02. The summed E-state index contributed by atoms with van der Waals surface area (Å²) in [7, 11) is -4.65. The van der Waals surface area contributed by atoms with Gasteiger partial charge in [-0.2, -0.15) is 8.42 Å². The van der Waals surface area contributed by atoms with Gasteiger partial charge in [-0.1, -0.05) is 60.7 Å². The number of carbonyl (C=O) groups is 3. The lowest BCUT2D eigenvalue weighted by molar-refractivity contribution is -0.133. The molecule has 3 aromatic carbocycles. The number of H-pyrrole nitrogens is 1. The highest BCUT2D eigenvalue weighted by atomic mass is 32.3. The first-order valence-electron chi connectivity index (χ1n) is 18.4. The molecule has 0 aliphatic heterocycles. The van der Waals surface area contributed by atoms with Crippen LogP contribution in [0.2, 0.25) is 0 Å². The molecule has 4 saturated carbocycles. The van der Waals surface area contributed by atoms with Crippen LogP contribution in [-0.4, -0.2) is 60.6 Å². The van der Waals surface area contributed by atoms with Crippen molar-refractivity contribution in [2.75, 3.05) is 13.1 Å². The van der Waals surface area contributed by atoms with Crippen molar-refractivity contribution in [1.82, 2.24) is 20.9 Å². The van der Waals surface area contributed by atoms with Crippen LogP contribution in [0.25, 0.3) is 10.9 Å². The van der Waals surface area contributed by atoms with Crippen LogP contribution in [0, 0.1) is 23.7 Å². The predicted octanol–water partition coefficient (Wildman–Crippen LogP) is 5.29. The molecule has 1 unspecified atom stereocenters. The van der Waals surface area contributed by atoms with Gasteiger partial charge in [-0.15, -0.1) is 0 Å². The molecule has 8 rings (SSSR count). The van der Waals surface area contributed by atoms with Gasteiger partial charge in [0.25, 0.3) is 0 Å². The average Bonchev–Trinajstić information content (AvgIpc) is 3.52. The Morgan fingerprint density at radius 2 is 1.42 bits per heavy atom. The van der Waals surface area contributed by atoms with E-state index in [1.54, 1.807) is 12.1 Å². The summed E-state index contributed by atoms with van der Waals surface area (Å²) in [6, 6.07) is 23.5. The number of ether oxygens (including phenoxy) is 1. The number of fused-ring (bicyclic) bond motifs is 1. The molecule has 4 aromatic rings. The van der Waals surface area contributed by atoms with Crippen molar-refractivity contribution in [2.45, 2.75) is 69.4 Å². The predicted molar refractivity (Wildman–Crippen MR) is 198 cm³/mol. The minimum atomic E-state index is -4.65. The molecule has 0 radical (unpaired) electrons. The number of para-hydroxylation sites is 1. The second kappa shape index (κ2) is 15.6. The average molecular weight is 743 g/mol. The van der Waals surface area contributed by atoms with Crippen LogP contribution >= 0.6 is 0 Å². The molecule has 0 saturated heterocycles. The Balaban J connectivity index is 1.11. The number of rotatable bonds is 15. The number of hydrogen-bond donors (Lipinski definition) is 5. The fourth-order valence-corrected chi connectivity index (χ4v) is 9.39. The molecular formula is C40H46N4O8S. The van der Waals surface area contributed by atoms with E-state index in [4.69, 9.17) is 9.29 Å². The van der Waals surface area contributed by atoms with E-state index in [2.05, 4.69) is 25.1 Å². The van der Waals surface area contributed by atoms with E-state index < -0.39 is 33.8 Å². The van der Waals surface area contributed by atoms with Crippen LogP contribution in [0.15, 0.2) is 85.1 Å². The van der Waals surface area contributed by atoms with E-state index in [1.807, 2.05) is 60.8 Å². The van der Waals surface area contributed by atoms with Crippen molar-refractivity contribution in [3.8, 4) is 5.75 Å². The molecule has 5 N–H and O–H groups in total. The zero-order valence-corrected chi connectivity index (χ0v) is 30.3. The van der Waals surface area contributed by atoms with E-state index in [-0.39, 0.29) is 31.2 Å². The highest BCUT2D eigenvalue weighted by molar-refractivity contribution is 7.81. The van der Waals surface area contributed by atoms with Gasteiger partial charge in [-0.3, -0.25) is 14.1 Å². The second-order valence-corrected chi connectivity index (χ2v) is 16.0. The van der Waals surface area contributed by atoms with Crippen LogP contribution in [0.5, 0.6) is 5.75 Å². The molecule has 4 bridgehead atoms. The Labute approximate surface area is 309 Å². The Kier molecular flexibility index (Phi) is 10.7. The molecule has 1 heterocycles. The summed E-state index contributed by atoms with van der Waals surface area (Å²) in [5.74, 6) is 1.06. The summed E-state index contributed by atoms with van der Waals surface area (Å²) in [6.45, 7) is 0.498. The first kappa shape index (κ1) is 36.5. The molecule has 1 aromatic heterocycles. The van der Waals surface area contributed by atoms with Crippen LogP contribution in [-0.2, 0) is 44.0 Å². The standard InChI is InChI=1S/C40H46N4O8S/c45-36(41-16-14-27-10-12-33(13-11-27)52-53(48,49)50)24-40(23-32-25-43-35-9-5-4-8-34(32)35,38(46)42-17-15-26-6-2-1-3-7-26)44-39(47)51-37-30-19-28-18-29(21-30)22-31(37)20-28/h1-13,25,28-31,37,43H,14-24H2,(H,41,45)(H,42,46)(H,44,47)(H,48,49,50). The third-order valence-electron chi connectivity index (χ3n) is 11.2. The molecule has 1 atom stereocenters. The molecule has 12 nitrogen and oxygen atoms in total. The second-order valence-electron chi connectivity index (χ2n) is 15.0. The van der Waals surface area contributed by atoms with Gasteiger partial charge < -0.3 is 29.9 Å². The zero-order chi connectivity index (χ0) is 37.0. The quantitative estimate of drug-likeness (QED) is 0.102. The topological polar surface area (TPSA) is 176 Å². The van der Waals surface area contributed by atoms with Gasteiger partial charge in [-0.05, 0) is 104 Å². The van der Waals surface area contributed by atoms with Crippen molar-refractivity contribution in [1.29, 1.82) is 0 Å². The maximum atomic E-state index is 14.5. The first-order chi connectivity index (χ1) is 25.5. The zero-order valence-electron chi connectivity index (χ0n) is 29.5. The minimum absolute atomic E-state index is 0.0353. The number of nitrogens with one attached hydrogen (secondary N) is 4. The van der Waals surface area contributed by atoms with Gasteiger partial charge in [-0.25, -0.2) is 4.79 Å². The van der Waals surface area contributed by atoms with Crippen LogP contribution in [0.1, 0.15) is 55.2 Å². The monoisotopic (exact) mass is 742 g/mol. The van der Waals surface area contributed by atoms with Gasteiger partial charge in [0.05, 0.1) is 6.42 Å². The lowest BCUT2D eigenvalue weighted by Gasteiger charge is -2.53. The summed E-state index contributed by atoms with van der Waals surface area (Å²) in [5, 5.41) is 9.79. The highest BCUT2D eigenvalue weighted by Crippen LogP contribution is 2.54. The summed E-state index contributed by atoms with van der Waals surface area (Å²) >= 11 is 0. The van der Waals surface area contributed by atoms with Gasteiger partial charge in [0.15, 0.2) is 0 Å². The molecule has 13 heteroatoms. The molecule has 4 aliphatic carbocycles. The third-order valence-corrected chi connectivity index (χ3v) is 11.6.